The van der Waals surface area contributed by atoms with Crippen molar-refractivity contribution in [1.82, 2.24) is 20.2 Å². The normalized spacial score (nSPS) is 10.3. The lowest BCUT2D eigenvalue weighted by Gasteiger charge is -2.08. The van der Waals surface area contributed by atoms with E-state index < -0.39 is 0 Å². The molecule has 6 nitrogen and oxygen atoms in total. The second kappa shape index (κ2) is 7.26. The first kappa shape index (κ1) is 14.8. The molecule has 3 aromatic rings. The minimum atomic E-state index is -0.264. The van der Waals surface area contributed by atoms with Crippen molar-refractivity contribution in [3.8, 4) is 0 Å². The van der Waals surface area contributed by atoms with E-state index in [2.05, 4.69) is 30.8 Å². The van der Waals surface area contributed by atoms with Crippen LogP contribution in [-0.2, 0) is 13.1 Å². The van der Waals surface area contributed by atoms with Crippen molar-refractivity contribution < 1.29 is 4.39 Å². The predicted molar refractivity (Wildman–Crippen MR) is 85.1 cm³/mol. The van der Waals surface area contributed by atoms with E-state index in [1.165, 1.54) is 12.3 Å². The molecule has 2 N–H and O–H groups in total. The summed E-state index contributed by atoms with van der Waals surface area (Å²) < 4.78 is 13.6. The van der Waals surface area contributed by atoms with Gasteiger partial charge >= 0.3 is 0 Å². The topological polar surface area (TPSA) is 75.6 Å². The Morgan fingerprint density at radius 1 is 0.957 bits per heavy atom. The number of halogens is 1. The van der Waals surface area contributed by atoms with Gasteiger partial charge in [0.2, 0.25) is 5.95 Å². The highest BCUT2D eigenvalue weighted by Crippen LogP contribution is 2.10. The Morgan fingerprint density at radius 2 is 1.78 bits per heavy atom. The average molecular weight is 310 g/mol. The lowest BCUT2D eigenvalue weighted by atomic mass is 10.2. The van der Waals surface area contributed by atoms with Gasteiger partial charge in [-0.05, 0) is 23.8 Å². The van der Waals surface area contributed by atoms with E-state index in [4.69, 9.17) is 0 Å². The van der Waals surface area contributed by atoms with Crippen LogP contribution in [-0.4, -0.2) is 20.2 Å². The van der Waals surface area contributed by atoms with E-state index in [1.807, 2.05) is 12.1 Å². The number of pyridine rings is 1. The van der Waals surface area contributed by atoms with Crippen LogP contribution in [0, 0.1) is 5.82 Å². The third-order valence-corrected chi connectivity index (χ3v) is 3.18. The van der Waals surface area contributed by atoms with Crippen molar-refractivity contribution >= 4 is 11.8 Å². The second-order valence-electron chi connectivity index (χ2n) is 4.82. The van der Waals surface area contributed by atoms with Gasteiger partial charge in [0, 0.05) is 31.0 Å². The van der Waals surface area contributed by atoms with Crippen LogP contribution in [0.25, 0.3) is 0 Å². The van der Waals surface area contributed by atoms with Crippen LogP contribution < -0.4 is 10.6 Å². The minimum Gasteiger partial charge on any atom is -0.365 e. The van der Waals surface area contributed by atoms with Gasteiger partial charge in [0.05, 0.1) is 6.20 Å². The zero-order valence-corrected chi connectivity index (χ0v) is 12.3. The van der Waals surface area contributed by atoms with Crippen LogP contribution in [0.1, 0.15) is 11.1 Å². The molecule has 0 unspecified atom stereocenters. The molecule has 1 aromatic carbocycles. The highest BCUT2D eigenvalue weighted by Gasteiger charge is 2.03. The molecule has 116 valence electrons. The van der Waals surface area contributed by atoms with E-state index in [0.29, 0.717) is 30.4 Å². The molecule has 2 aromatic heterocycles. The van der Waals surface area contributed by atoms with Crippen LogP contribution in [0.3, 0.4) is 0 Å². The Balaban J connectivity index is 1.60. The van der Waals surface area contributed by atoms with Crippen LogP contribution in [0.5, 0.6) is 0 Å². The van der Waals surface area contributed by atoms with Gasteiger partial charge in [0.15, 0.2) is 5.82 Å². The number of nitrogens with zero attached hydrogens (tertiary/aromatic N) is 4. The zero-order chi connectivity index (χ0) is 15.9. The largest absolute Gasteiger partial charge is 0.365 e. The Bertz CT molecular complexity index is 765. The van der Waals surface area contributed by atoms with Gasteiger partial charge < -0.3 is 10.6 Å². The molecule has 0 radical (unpaired) electrons. The summed E-state index contributed by atoms with van der Waals surface area (Å²) in [5.41, 5.74) is 1.63. The first-order chi connectivity index (χ1) is 11.3. The Kier molecular flexibility index (Phi) is 4.68. The van der Waals surface area contributed by atoms with Crippen LogP contribution in [0.4, 0.5) is 16.2 Å². The fraction of sp³-hybridized carbons (Fsp3) is 0.125. The molecule has 0 spiro atoms. The predicted octanol–water partition coefficient (Wildman–Crippen LogP) is 2.63. The van der Waals surface area contributed by atoms with Crippen molar-refractivity contribution in [3.05, 3.63) is 71.9 Å². The molecule has 0 fully saturated rings. The lowest BCUT2D eigenvalue weighted by molar-refractivity contribution is 0.612. The zero-order valence-electron chi connectivity index (χ0n) is 12.3. The smallest absolute Gasteiger partial charge is 0.244 e. The fourth-order valence-electron chi connectivity index (χ4n) is 1.97. The van der Waals surface area contributed by atoms with Crippen molar-refractivity contribution in [3.63, 3.8) is 0 Å². The molecule has 0 saturated carbocycles. The van der Waals surface area contributed by atoms with Gasteiger partial charge in [-0.3, -0.25) is 4.98 Å². The summed E-state index contributed by atoms with van der Waals surface area (Å²) in [6.45, 7) is 0.899. The Morgan fingerprint density at radius 3 is 2.61 bits per heavy atom. The van der Waals surface area contributed by atoms with Gasteiger partial charge in [0.25, 0.3) is 0 Å². The first-order valence-electron chi connectivity index (χ1n) is 7.11. The van der Waals surface area contributed by atoms with Crippen molar-refractivity contribution in [2.75, 3.05) is 10.6 Å². The number of aromatic nitrogens is 4. The summed E-state index contributed by atoms with van der Waals surface area (Å²) >= 11 is 0. The summed E-state index contributed by atoms with van der Waals surface area (Å²) in [6, 6.07) is 10.4. The molecular weight excluding hydrogens is 295 g/mol. The molecule has 0 saturated heterocycles. The van der Waals surface area contributed by atoms with Gasteiger partial charge in [-0.1, -0.05) is 18.2 Å². The lowest BCUT2D eigenvalue weighted by Crippen LogP contribution is -2.08. The van der Waals surface area contributed by atoms with Gasteiger partial charge in [-0.25, -0.2) is 4.39 Å². The molecule has 0 atom stereocenters. The van der Waals surface area contributed by atoms with Gasteiger partial charge in [0.1, 0.15) is 5.82 Å². The summed E-state index contributed by atoms with van der Waals surface area (Å²) in [5.74, 6) is 0.667. The maximum atomic E-state index is 13.6. The van der Waals surface area contributed by atoms with Gasteiger partial charge in [-0.15, -0.1) is 5.10 Å². The highest BCUT2D eigenvalue weighted by atomic mass is 19.1. The summed E-state index contributed by atoms with van der Waals surface area (Å²) in [5, 5.41) is 13.9. The number of rotatable bonds is 6. The van der Waals surface area contributed by atoms with Crippen LogP contribution >= 0.6 is 0 Å². The molecule has 23 heavy (non-hydrogen) atoms. The second-order valence-corrected chi connectivity index (χ2v) is 4.82. The SMILES string of the molecule is Fc1ccccc1CNc1nncc(NCc2ccncc2)n1. The molecule has 3 rings (SSSR count). The average Bonchev–Trinajstić information content (AvgIpc) is 2.61. The van der Waals surface area contributed by atoms with Gasteiger partial charge in [-0.2, -0.15) is 10.1 Å². The number of anilines is 2. The molecule has 0 bridgehead atoms. The third kappa shape index (κ3) is 4.19. The molecule has 0 amide bonds. The molecule has 0 aliphatic heterocycles. The standard InChI is InChI=1S/C16H15FN6/c17-14-4-2-1-3-13(14)10-20-16-22-15(11-21-23-16)19-9-12-5-7-18-8-6-12/h1-8,11H,9-10H2,(H2,19,20,22,23). The van der Waals surface area contributed by atoms with Crippen molar-refractivity contribution in [2.24, 2.45) is 0 Å². The van der Waals surface area contributed by atoms with E-state index in [0.717, 1.165) is 5.56 Å². The van der Waals surface area contributed by atoms with Crippen molar-refractivity contribution in [1.29, 1.82) is 0 Å². The van der Waals surface area contributed by atoms with Crippen LogP contribution in [0.15, 0.2) is 55.0 Å². The number of hydrogen-bond donors (Lipinski definition) is 2. The van der Waals surface area contributed by atoms with E-state index in [-0.39, 0.29) is 5.82 Å². The maximum Gasteiger partial charge on any atom is 0.244 e. The van der Waals surface area contributed by atoms with Crippen LogP contribution in [0.2, 0.25) is 0 Å². The number of hydrogen-bond acceptors (Lipinski definition) is 6. The monoisotopic (exact) mass is 310 g/mol. The molecule has 0 aliphatic rings. The molecule has 2 heterocycles. The number of benzene rings is 1. The fourth-order valence-corrected chi connectivity index (χ4v) is 1.97. The maximum absolute atomic E-state index is 13.6. The number of nitrogens with one attached hydrogen (secondary N) is 2. The quantitative estimate of drug-likeness (QED) is 0.729. The van der Waals surface area contributed by atoms with E-state index in [9.17, 15) is 4.39 Å². The van der Waals surface area contributed by atoms with E-state index >= 15 is 0 Å². The molecule has 7 heteroatoms. The van der Waals surface area contributed by atoms with Crippen molar-refractivity contribution in [2.45, 2.75) is 13.1 Å². The third-order valence-electron chi connectivity index (χ3n) is 3.18. The van der Waals surface area contributed by atoms with E-state index in [1.54, 1.807) is 30.6 Å². The summed E-state index contributed by atoms with van der Waals surface area (Å²) in [6.07, 6.45) is 5.00. The molecular formula is C16H15FN6. The molecule has 0 aliphatic carbocycles. The highest BCUT2D eigenvalue weighted by molar-refractivity contribution is 5.38. The minimum absolute atomic E-state index is 0.264. The Hall–Kier alpha value is -3.09. The Labute approximate surface area is 132 Å². The summed E-state index contributed by atoms with van der Waals surface area (Å²) in [4.78, 5) is 8.27. The summed E-state index contributed by atoms with van der Waals surface area (Å²) in [7, 11) is 0. The first-order valence-corrected chi connectivity index (χ1v) is 7.11.